The van der Waals surface area contributed by atoms with Gasteiger partial charge in [-0.1, -0.05) is 6.07 Å². The van der Waals surface area contributed by atoms with Crippen LogP contribution in [0.25, 0.3) is 0 Å². The largest absolute Gasteiger partial charge is 0.493 e. The summed E-state index contributed by atoms with van der Waals surface area (Å²) in [5.74, 6) is 1.62. The van der Waals surface area contributed by atoms with Gasteiger partial charge in [-0.2, -0.15) is 0 Å². The van der Waals surface area contributed by atoms with Crippen LogP contribution in [0.5, 0.6) is 11.5 Å². The van der Waals surface area contributed by atoms with Crippen LogP contribution in [0, 0.1) is 5.92 Å². The molecule has 0 saturated carbocycles. The molecule has 0 spiro atoms. The minimum absolute atomic E-state index is 0.270. The lowest BCUT2D eigenvalue weighted by molar-refractivity contribution is -0.0188. The van der Waals surface area contributed by atoms with Crippen molar-refractivity contribution >= 4 is 0 Å². The maximum Gasteiger partial charge on any atom is 0.161 e. The number of ether oxygens (including phenoxy) is 2. The van der Waals surface area contributed by atoms with Gasteiger partial charge in [-0.05, 0) is 56.5 Å². The zero-order valence-corrected chi connectivity index (χ0v) is 11.9. The quantitative estimate of drug-likeness (QED) is 0.873. The summed E-state index contributed by atoms with van der Waals surface area (Å²) in [6, 6.07) is 5.65. The van der Waals surface area contributed by atoms with Gasteiger partial charge in [0.15, 0.2) is 11.5 Å². The summed E-state index contributed by atoms with van der Waals surface area (Å²) in [6.07, 6.45) is 1.97. The van der Waals surface area contributed by atoms with Gasteiger partial charge in [0.2, 0.25) is 0 Å². The van der Waals surface area contributed by atoms with Gasteiger partial charge in [-0.15, -0.1) is 0 Å². The first-order chi connectivity index (χ1) is 9.09. The zero-order chi connectivity index (χ0) is 13.9. The van der Waals surface area contributed by atoms with E-state index < -0.39 is 5.60 Å². The summed E-state index contributed by atoms with van der Waals surface area (Å²) in [5, 5.41) is 14.2. The molecule has 4 heteroatoms. The van der Waals surface area contributed by atoms with Crippen molar-refractivity contribution in [3.05, 3.63) is 23.8 Å². The van der Waals surface area contributed by atoms with E-state index in [1.54, 1.807) is 14.2 Å². The zero-order valence-electron chi connectivity index (χ0n) is 11.9. The van der Waals surface area contributed by atoms with Gasteiger partial charge in [-0.25, -0.2) is 0 Å². The van der Waals surface area contributed by atoms with Gasteiger partial charge in [0.05, 0.1) is 19.8 Å². The van der Waals surface area contributed by atoms with Gasteiger partial charge in [0.1, 0.15) is 0 Å². The Morgan fingerprint density at radius 2 is 1.79 bits per heavy atom. The molecule has 1 aromatic carbocycles. The Balaban J connectivity index is 2.28. The van der Waals surface area contributed by atoms with Crippen LogP contribution >= 0.6 is 0 Å². The Kier molecular flexibility index (Phi) is 4.32. The number of aliphatic hydroxyl groups is 1. The summed E-state index contributed by atoms with van der Waals surface area (Å²) in [6.45, 7) is 3.83. The number of rotatable bonds is 4. The Morgan fingerprint density at radius 3 is 2.37 bits per heavy atom. The van der Waals surface area contributed by atoms with Gasteiger partial charge < -0.3 is 19.9 Å². The van der Waals surface area contributed by atoms with E-state index in [1.807, 2.05) is 25.1 Å². The maximum atomic E-state index is 10.9. The third-order valence-corrected chi connectivity index (χ3v) is 4.10. The Morgan fingerprint density at radius 1 is 1.16 bits per heavy atom. The van der Waals surface area contributed by atoms with E-state index in [-0.39, 0.29) is 5.92 Å². The molecule has 0 amide bonds. The average Bonchev–Trinajstić information content (AvgIpc) is 2.47. The van der Waals surface area contributed by atoms with Crippen LogP contribution in [0.2, 0.25) is 0 Å². The van der Waals surface area contributed by atoms with Crippen molar-refractivity contribution in [3.63, 3.8) is 0 Å². The fourth-order valence-electron chi connectivity index (χ4n) is 2.77. The molecule has 2 N–H and O–H groups in total. The Bertz CT molecular complexity index is 425. The van der Waals surface area contributed by atoms with Crippen LogP contribution in [0.15, 0.2) is 18.2 Å². The molecule has 19 heavy (non-hydrogen) atoms. The van der Waals surface area contributed by atoms with E-state index in [4.69, 9.17) is 9.47 Å². The molecule has 1 fully saturated rings. The fraction of sp³-hybridized carbons (Fsp3) is 0.600. The molecule has 4 nitrogen and oxygen atoms in total. The molecule has 106 valence electrons. The van der Waals surface area contributed by atoms with E-state index in [1.165, 1.54) is 0 Å². The maximum absolute atomic E-state index is 10.9. The van der Waals surface area contributed by atoms with E-state index >= 15 is 0 Å². The molecular weight excluding hydrogens is 242 g/mol. The molecule has 0 radical (unpaired) electrons. The first kappa shape index (κ1) is 14.2. The van der Waals surface area contributed by atoms with Gasteiger partial charge in [-0.3, -0.25) is 0 Å². The number of hydrogen-bond donors (Lipinski definition) is 2. The van der Waals surface area contributed by atoms with E-state index in [2.05, 4.69) is 5.32 Å². The summed E-state index contributed by atoms with van der Waals surface area (Å²) in [4.78, 5) is 0. The van der Waals surface area contributed by atoms with Crippen LogP contribution in [0.3, 0.4) is 0 Å². The van der Waals surface area contributed by atoms with Crippen molar-refractivity contribution in [2.75, 3.05) is 27.3 Å². The summed E-state index contributed by atoms with van der Waals surface area (Å²) in [7, 11) is 3.23. The normalized spacial score (nSPS) is 19.8. The van der Waals surface area contributed by atoms with E-state index in [9.17, 15) is 5.11 Å². The number of piperidine rings is 1. The van der Waals surface area contributed by atoms with E-state index in [0.717, 1.165) is 31.5 Å². The second kappa shape index (κ2) is 5.80. The number of methoxy groups -OCH3 is 2. The van der Waals surface area contributed by atoms with Crippen LogP contribution in [-0.2, 0) is 5.60 Å². The molecular formula is C15H23NO3. The highest BCUT2D eigenvalue weighted by atomic mass is 16.5. The van der Waals surface area contributed by atoms with Crippen molar-refractivity contribution in [2.45, 2.75) is 25.4 Å². The minimum Gasteiger partial charge on any atom is -0.493 e. The van der Waals surface area contributed by atoms with Crippen molar-refractivity contribution < 1.29 is 14.6 Å². The second-order valence-electron chi connectivity index (χ2n) is 5.24. The highest BCUT2D eigenvalue weighted by Gasteiger charge is 2.34. The predicted molar refractivity (Wildman–Crippen MR) is 74.7 cm³/mol. The number of benzene rings is 1. The standard InChI is InChI=1S/C15H23NO3/c1-15(17,11-6-8-16-9-7-11)12-4-5-13(18-2)14(10-12)19-3/h4-5,10-11,16-17H,6-9H2,1-3H3. The Hall–Kier alpha value is -1.26. The van der Waals surface area contributed by atoms with Gasteiger partial charge in [0, 0.05) is 0 Å². The summed E-state index contributed by atoms with van der Waals surface area (Å²) >= 11 is 0. The highest BCUT2D eigenvalue weighted by Crippen LogP contribution is 2.38. The van der Waals surface area contributed by atoms with Gasteiger partial charge in [0.25, 0.3) is 0 Å². The van der Waals surface area contributed by atoms with Gasteiger partial charge >= 0.3 is 0 Å². The molecule has 1 aromatic rings. The molecule has 0 aliphatic carbocycles. The summed E-state index contributed by atoms with van der Waals surface area (Å²) < 4.78 is 10.5. The van der Waals surface area contributed by atoms with Crippen molar-refractivity contribution in [1.29, 1.82) is 0 Å². The molecule has 1 unspecified atom stereocenters. The van der Waals surface area contributed by atoms with Crippen LogP contribution < -0.4 is 14.8 Å². The van der Waals surface area contributed by atoms with Crippen LogP contribution in [0.4, 0.5) is 0 Å². The molecule has 1 aliphatic heterocycles. The Labute approximate surface area is 114 Å². The predicted octanol–water partition coefficient (Wildman–Crippen LogP) is 1.91. The fourth-order valence-corrected chi connectivity index (χ4v) is 2.77. The molecule has 0 aromatic heterocycles. The molecule has 1 atom stereocenters. The lowest BCUT2D eigenvalue weighted by Crippen LogP contribution is -2.39. The van der Waals surface area contributed by atoms with Crippen molar-refractivity contribution in [2.24, 2.45) is 5.92 Å². The SMILES string of the molecule is COc1ccc(C(C)(O)C2CCNCC2)cc1OC. The topological polar surface area (TPSA) is 50.7 Å². The summed E-state index contributed by atoms with van der Waals surface area (Å²) in [5.41, 5.74) is 0.0545. The molecule has 1 aliphatic rings. The molecule has 2 rings (SSSR count). The lowest BCUT2D eigenvalue weighted by Gasteiger charge is -2.36. The van der Waals surface area contributed by atoms with E-state index in [0.29, 0.717) is 11.5 Å². The van der Waals surface area contributed by atoms with Crippen molar-refractivity contribution in [3.8, 4) is 11.5 Å². The number of hydrogen-bond acceptors (Lipinski definition) is 4. The van der Waals surface area contributed by atoms with Crippen LogP contribution in [-0.4, -0.2) is 32.4 Å². The van der Waals surface area contributed by atoms with Crippen LogP contribution in [0.1, 0.15) is 25.3 Å². The monoisotopic (exact) mass is 265 g/mol. The molecule has 1 saturated heterocycles. The highest BCUT2D eigenvalue weighted by molar-refractivity contribution is 5.44. The first-order valence-corrected chi connectivity index (χ1v) is 6.75. The number of nitrogens with one attached hydrogen (secondary N) is 1. The molecule has 0 bridgehead atoms. The average molecular weight is 265 g/mol. The first-order valence-electron chi connectivity index (χ1n) is 6.75. The van der Waals surface area contributed by atoms with Crippen molar-refractivity contribution in [1.82, 2.24) is 5.32 Å². The minimum atomic E-state index is -0.832. The third kappa shape index (κ3) is 2.85. The third-order valence-electron chi connectivity index (χ3n) is 4.10. The lowest BCUT2D eigenvalue weighted by atomic mass is 9.77. The molecule has 1 heterocycles. The second-order valence-corrected chi connectivity index (χ2v) is 5.24. The smallest absolute Gasteiger partial charge is 0.161 e.